The van der Waals surface area contributed by atoms with Crippen LogP contribution in [-0.2, 0) is 11.2 Å². The van der Waals surface area contributed by atoms with Crippen LogP contribution in [0.4, 0.5) is 11.6 Å². The van der Waals surface area contributed by atoms with Gasteiger partial charge in [0.05, 0.1) is 6.54 Å². The van der Waals surface area contributed by atoms with Crippen LogP contribution in [0.2, 0.25) is 0 Å². The SMILES string of the molecule is CCNC(=O)CN(C)c1cc(NN)nc(CC)n1. The lowest BCUT2D eigenvalue weighted by atomic mass is 10.4. The van der Waals surface area contributed by atoms with E-state index >= 15 is 0 Å². The van der Waals surface area contributed by atoms with E-state index in [2.05, 4.69) is 20.7 Å². The van der Waals surface area contributed by atoms with Crippen LogP contribution in [0.1, 0.15) is 19.7 Å². The molecule has 7 heteroatoms. The third kappa shape index (κ3) is 3.85. The van der Waals surface area contributed by atoms with E-state index < -0.39 is 0 Å². The summed E-state index contributed by atoms with van der Waals surface area (Å²) in [6, 6.07) is 1.71. The van der Waals surface area contributed by atoms with Crippen LogP contribution in [0, 0.1) is 0 Å². The minimum absolute atomic E-state index is 0.0427. The van der Waals surface area contributed by atoms with E-state index in [9.17, 15) is 4.79 Å². The van der Waals surface area contributed by atoms with E-state index in [-0.39, 0.29) is 12.5 Å². The lowest BCUT2D eigenvalue weighted by molar-refractivity contribution is -0.119. The number of nitrogen functional groups attached to an aromatic ring is 1. The highest BCUT2D eigenvalue weighted by molar-refractivity contribution is 5.80. The highest BCUT2D eigenvalue weighted by atomic mass is 16.2. The number of rotatable bonds is 6. The summed E-state index contributed by atoms with van der Waals surface area (Å²) in [6.45, 7) is 4.71. The van der Waals surface area contributed by atoms with Crippen LogP contribution in [0.5, 0.6) is 0 Å². The Morgan fingerprint density at radius 2 is 2.17 bits per heavy atom. The maximum atomic E-state index is 11.5. The molecule has 4 N–H and O–H groups in total. The van der Waals surface area contributed by atoms with Gasteiger partial charge in [-0.1, -0.05) is 6.92 Å². The van der Waals surface area contributed by atoms with Gasteiger partial charge in [-0.2, -0.15) is 0 Å². The van der Waals surface area contributed by atoms with Crippen molar-refractivity contribution in [2.45, 2.75) is 20.3 Å². The molecule has 0 unspecified atom stereocenters. The zero-order valence-corrected chi connectivity index (χ0v) is 11.0. The van der Waals surface area contributed by atoms with E-state index in [1.165, 1.54) is 0 Å². The summed E-state index contributed by atoms with van der Waals surface area (Å²) in [6.07, 6.45) is 0.706. The Morgan fingerprint density at radius 3 is 2.72 bits per heavy atom. The number of aryl methyl sites for hydroxylation is 1. The van der Waals surface area contributed by atoms with Crippen molar-refractivity contribution in [2.75, 3.05) is 30.5 Å². The van der Waals surface area contributed by atoms with Crippen molar-refractivity contribution in [3.8, 4) is 0 Å². The molecule has 0 aliphatic heterocycles. The zero-order valence-electron chi connectivity index (χ0n) is 11.0. The molecule has 0 fully saturated rings. The molecule has 0 atom stereocenters. The molecule has 1 heterocycles. The maximum absolute atomic E-state index is 11.5. The number of carbonyl (C=O) groups is 1. The topological polar surface area (TPSA) is 96.2 Å². The molecule has 7 nitrogen and oxygen atoms in total. The Bertz CT molecular complexity index is 386. The molecule has 0 saturated carbocycles. The first kappa shape index (κ1) is 14.2. The first-order chi connectivity index (χ1) is 8.60. The lowest BCUT2D eigenvalue weighted by Crippen LogP contribution is -2.35. The van der Waals surface area contributed by atoms with Gasteiger partial charge in [-0.25, -0.2) is 15.8 Å². The van der Waals surface area contributed by atoms with Crippen molar-refractivity contribution in [1.82, 2.24) is 15.3 Å². The zero-order chi connectivity index (χ0) is 13.5. The van der Waals surface area contributed by atoms with E-state index in [1.54, 1.807) is 18.0 Å². The van der Waals surface area contributed by atoms with Gasteiger partial charge < -0.3 is 15.6 Å². The molecular formula is C11H20N6O. The number of hydrazine groups is 1. The summed E-state index contributed by atoms with van der Waals surface area (Å²) in [7, 11) is 1.80. The summed E-state index contributed by atoms with van der Waals surface area (Å²) in [5.74, 6) is 7.20. The first-order valence-electron chi connectivity index (χ1n) is 5.93. The monoisotopic (exact) mass is 252 g/mol. The summed E-state index contributed by atoms with van der Waals surface area (Å²) in [5.41, 5.74) is 2.50. The Hall–Kier alpha value is -1.89. The van der Waals surface area contributed by atoms with Crippen LogP contribution in [0.25, 0.3) is 0 Å². The van der Waals surface area contributed by atoms with Gasteiger partial charge in [-0.3, -0.25) is 4.79 Å². The second-order valence-corrected chi connectivity index (χ2v) is 3.84. The smallest absolute Gasteiger partial charge is 0.239 e. The molecule has 0 aromatic carbocycles. The van der Waals surface area contributed by atoms with Crippen molar-refractivity contribution >= 4 is 17.5 Å². The summed E-state index contributed by atoms with van der Waals surface area (Å²) >= 11 is 0. The molecule has 1 aromatic heterocycles. The number of hydrogen-bond donors (Lipinski definition) is 3. The number of hydrogen-bond acceptors (Lipinski definition) is 6. The highest BCUT2D eigenvalue weighted by Gasteiger charge is 2.10. The van der Waals surface area contributed by atoms with E-state index in [0.717, 1.165) is 0 Å². The molecule has 18 heavy (non-hydrogen) atoms. The third-order valence-electron chi connectivity index (χ3n) is 2.37. The number of amides is 1. The van der Waals surface area contributed by atoms with Crippen LogP contribution in [0.3, 0.4) is 0 Å². The largest absolute Gasteiger partial charge is 0.355 e. The minimum Gasteiger partial charge on any atom is -0.355 e. The van der Waals surface area contributed by atoms with Crippen molar-refractivity contribution in [3.63, 3.8) is 0 Å². The summed E-state index contributed by atoms with van der Waals surface area (Å²) in [4.78, 5) is 21.8. The molecule has 0 spiro atoms. The van der Waals surface area contributed by atoms with Crippen molar-refractivity contribution in [3.05, 3.63) is 11.9 Å². The van der Waals surface area contributed by atoms with Gasteiger partial charge in [0.2, 0.25) is 5.91 Å². The van der Waals surface area contributed by atoms with Crippen LogP contribution in [-0.4, -0.2) is 36.0 Å². The average molecular weight is 252 g/mol. The van der Waals surface area contributed by atoms with Crippen molar-refractivity contribution < 1.29 is 4.79 Å². The van der Waals surface area contributed by atoms with E-state index in [0.29, 0.717) is 30.4 Å². The standard InChI is InChI=1S/C11H20N6O/c1-4-8-14-9(16-12)6-10(15-8)17(3)7-11(18)13-5-2/h6H,4-5,7,12H2,1-3H3,(H,13,18)(H,14,15,16). The third-order valence-corrected chi connectivity index (χ3v) is 2.37. The Labute approximate surface area is 107 Å². The Morgan fingerprint density at radius 1 is 1.44 bits per heavy atom. The Kier molecular flexibility index (Phi) is 5.31. The quantitative estimate of drug-likeness (QED) is 0.483. The van der Waals surface area contributed by atoms with Gasteiger partial charge in [0.25, 0.3) is 0 Å². The van der Waals surface area contributed by atoms with Gasteiger partial charge in [0, 0.05) is 26.1 Å². The Balaban J connectivity index is 2.83. The number of anilines is 2. The van der Waals surface area contributed by atoms with E-state index in [1.807, 2.05) is 13.8 Å². The van der Waals surface area contributed by atoms with Crippen LogP contribution < -0.4 is 21.5 Å². The van der Waals surface area contributed by atoms with Gasteiger partial charge in [-0.05, 0) is 6.92 Å². The predicted molar refractivity (Wildman–Crippen MR) is 71.2 cm³/mol. The summed E-state index contributed by atoms with van der Waals surface area (Å²) in [5, 5.41) is 2.74. The van der Waals surface area contributed by atoms with Crippen LogP contribution >= 0.6 is 0 Å². The first-order valence-corrected chi connectivity index (χ1v) is 5.93. The maximum Gasteiger partial charge on any atom is 0.239 e. The molecule has 0 radical (unpaired) electrons. The number of carbonyl (C=O) groups excluding carboxylic acids is 1. The lowest BCUT2D eigenvalue weighted by Gasteiger charge is -2.18. The number of aromatic nitrogens is 2. The average Bonchev–Trinajstić information content (AvgIpc) is 2.38. The second kappa shape index (κ2) is 6.75. The molecule has 0 aliphatic rings. The van der Waals surface area contributed by atoms with Gasteiger partial charge >= 0.3 is 0 Å². The normalized spacial score (nSPS) is 10.0. The molecule has 1 aromatic rings. The fraction of sp³-hybridized carbons (Fsp3) is 0.545. The number of nitrogens with one attached hydrogen (secondary N) is 2. The number of nitrogens with two attached hydrogens (primary N) is 1. The minimum atomic E-state index is -0.0427. The van der Waals surface area contributed by atoms with Gasteiger partial charge in [0.15, 0.2) is 0 Å². The molecule has 1 amide bonds. The highest BCUT2D eigenvalue weighted by Crippen LogP contribution is 2.14. The molecule has 1 rings (SSSR count). The number of likely N-dealkylation sites (N-methyl/N-ethyl adjacent to an activating group) is 2. The summed E-state index contributed by atoms with van der Waals surface area (Å²) < 4.78 is 0. The van der Waals surface area contributed by atoms with E-state index in [4.69, 9.17) is 5.84 Å². The predicted octanol–water partition coefficient (Wildman–Crippen LogP) is -0.103. The number of nitrogens with zero attached hydrogens (tertiary/aromatic N) is 3. The second-order valence-electron chi connectivity index (χ2n) is 3.84. The molecule has 0 saturated heterocycles. The molecule has 100 valence electrons. The molecule has 0 bridgehead atoms. The van der Waals surface area contributed by atoms with Crippen molar-refractivity contribution in [1.29, 1.82) is 0 Å². The molecular weight excluding hydrogens is 232 g/mol. The van der Waals surface area contributed by atoms with Crippen LogP contribution in [0.15, 0.2) is 6.07 Å². The molecule has 0 aliphatic carbocycles. The fourth-order valence-corrected chi connectivity index (χ4v) is 1.46. The fourth-order valence-electron chi connectivity index (χ4n) is 1.46. The van der Waals surface area contributed by atoms with Gasteiger partial charge in [-0.15, -0.1) is 0 Å². The van der Waals surface area contributed by atoms with Gasteiger partial charge in [0.1, 0.15) is 17.5 Å². The van der Waals surface area contributed by atoms with Crippen molar-refractivity contribution in [2.24, 2.45) is 5.84 Å².